The van der Waals surface area contributed by atoms with Crippen LogP contribution in [0.2, 0.25) is 0 Å². The zero-order chi connectivity index (χ0) is 12.8. The molecule has 0 aliphatic rings. The van der Waals surface area contributed by atoms with Gasteiger partial charge in [0.25, 0.3) is 0 Å². The largest absolute Gasteiger partial charge is 0.514 e. The highest BCUT2D eigenvalue weighted by atomic mass is 16.7. The molecule has 0 radical (unpaired) electrons. The van der Waals surface area contributed by atoms with E-state index in [9.17, 15) is 4.79 Å². The van der Waals surface area contributed by atoms with Crippen LogP contribution in [0.5, 0.6) is 5.75 Å². The minimum atomic E-state index is -0.697. The summed E-state index contributed by atoms with van der Waals surface area (Å²) < 4.78 is 10.2. The van der Waals surface area contributed by atoms with Crippen molar-refractivity contribution in [3.63, 3.8) is 0 Å². The van der Waals surface area contributed by atoms with Gasteiger partial charge in [-0.05, 0) is 24.6 Å². The van der Waals surface area contributed by atoms with Crippen LogP contribution in [-0.4, -0.2) is 6.16 Å². The SMILES string of the molecule is CC(OC(=O)Oc1ccccc1)c1ccccc1. The first kappa shape index (κ1) is 12.2. The molecule has 0 saturated heterocycles. The summed E-state index contributed by atoms with van der Waals surface area (Å²) in [4.78, 5) is 11.6. The van der Waals surface area contributed by atoms with Gasteiger partial charge in [0, 0.05) is 0 Å². The standard InChI is InChI=1S/C15H14O3/c1-12(13-8-4-2-5-9-13)17-15(16)18-14-10-6-3-7-11-14/h2-12H,1H3. The number of hydrogen-bond donors (Lipinski definition) is 0. The molecular formula is C15H14O3. The third kappa shape index (κ3) is 3.35. The molecule has 1 atom stereocenters. The molecule has 0 amide bonds. The second-order valence-electron chi connectivity index (χ2n) is 3.84. The van der Waals surface area contributed by atoms with Gasteiger partial charge in [0.2, 0.25) is 0 Å². The molecule has 0 heterocycles. The summed E-state index contributed by atoms with van der Waals surface area (Å²) in [7, 11) is 0. The zero-order valence-corrected chi connectivity index (χ0v) is 10.1. The molecule has 0 aliphatic heterocycles. The van der Waals surface area contributed by atoms with Crippen molar-refractivity contribution in [3.05, 3.63) is 66.2 Å². The van der Waals surface area contributed by atoms with Crippen LogP contribution >= 0.6 is 0 Å². The zero-order valence-electron chi connectivity index (χ0n) is 10.1. The predicted molar refractivity (Wildman–Crippen MR) is 68.4 cm³/mol. The van der Waals surface area contributed by atoms with Gasteiger partial charge in [0.15, 0.2) is 0 Å². The lowest BCUT2D eigenvalue weighted by molar-refractivity contribution is 0.0655. The quantitative estimate of drug-likeness (QED) is 0.603. The fourth-order valence-corrected chi connectivity index (χ4v) is 1.55. The molecular weight excluding hydrogens is 228 g/mol. The molecule has 0 N–H and O–H groups in total. The summed E-state index contributed by atoms with van der Waals surface area (Å²) in [6, 6.07) is 18.4. The van der Waals surface area contributed by atoms with Crippen molar-refractivity contribution in [1.29, 1.82) is 0 Å². The van der Waals surface area contributed by atoms with Crippen LogP contribution in [0.15, 0.2) is 60.7 Å². The average Bonchev–Trinajstić information content (AvgIpc) is 2.40. The smallest absolute Gasteiger partial charge is 0.426 e. The topological polar surface area (TPSA) is 35.5 Å². The van der Waals surface area contributed by atoms with E-state index in [1.807, 2.05) is 43.3 Å². The van der Waals surface area contributed by atoms with Crippen LogP contribution in [0.4, 0.5) is 4.79 Å². The number of para-hydroxylation sites is 1. The molecule has 92 valence electrons. The van der Waals surface area contributed by atoms with Crippen LogP contribution in [0.3, 0.4) is 0 Å². The van der Waals surface area contributed by atoms with E-state index in [1.54, 1.807) is 24.3 Å². The maximum absolute atomic E-state index is 11.6. The maximum Gasteiger partial charge on any atom is 0.514 e. The lowest BCUT2D eigenvalue weighted by Crippen LogP contribution is -2.13. The molecule has 0 bridgehead atoms. The number of rotatable bonds is 3. The van der Waals surface area contributed by atoms with Crippen molar-refractivity contribution >= 4 is 6.16 Å². The van der Waals surface area contributed by atoms with Crippen LogP contribution in [0, 0.1) is 0 Å². The van der Waals surface area contributed by atoms with E-state index in [-0.39, 0.29) is 6.10 Å². The van der Waals surface area contributed by atoms with Crippen molar-refractivity contribution < 1.29 is 14.3 Å². The molecule has 2 aromatic rings. The summed E-state index contributed by atoms with van der Waals surface area (Å²) in [5.41, 5.74) is 0.933. The summed E-state index contributed by atoms with van der Waals surface area (Å²) in [5.74, 6) is 0.475. The van der Waals surface area contributed by atoms with E-state index in [1.165, 1.54) is 0 Å². The second-order valence-corrected chi connectivity index (χ2v) is 3.84. The van der Waals surface area contributed by atoms with E-state index in [0.29, 0.717) is 5.75 Å². The molecule has 2 rings (SSSR count). The van der Waals surface area contributed by atoms with Crippen molar-refractivity contribution in [2.75, 3.05) is 0 Å². The molecule has 18 heavy (non-hydrogen) atoms. The Kier molecular flexibility index (Phi) is 3.97. The van der Waals surface area contributed by atoms with Gasteiger partial charge in [0.05, 0.1) is 0 Å². The first-order chi connectivity index (χ1) is 8.75. The Morgan fingerprint density at radius 2 is 1.50 bits per heavy atom. The summed E-state index contributed by atoms with van der Waals surface area (Å²) in [6.07, 6.45) is -1.03. The number of carbonyl (C=O) groups excluding carboxylic acids is 1. The van der Waals surface area contributed by atoms with Crippen LogP contribution in [0.1, 0.15) is 18.6 Å². The molecule has 2 aromatic carbocycles. The molecule has 0 fully saturated rings. The highest BCUT2D eigenvalue weighted by Crippen LogP contribution is 2.17. The van der Waals surface area contributed by atoms with E-state index in [2.05, 4.69) is 0 Å². The Bertz CT molecular complexity index is 494. The van der Waals surface area contributed by atoms with Gasteiger partial charge < -0.3 is 9.47 Å². The van der Waals surface area contributed by atoms with Crippen molar-refractivity contribution in [3.8, 4) is 5.75 Å². The van der Waals surface area contributed by atoms with Gasteiger partial charge >= 0.3 is 6.16 Å². The fourth-order valence-electron chi connectivity index (χ4n) is 1.55. The highest BCUT2D eigenvalue weighted by molar-refractivity contribution is 5.64. The number of benzene rings is 2. The van der Waals surface area contributed by atoms with Crippen molar-refractivity contribution in [2.24, 2.45) is 0 Å². The third-order valence-corrected chi connectivity index (χ3v) is 2.49. The summed E-state index contributed by atoms with van der Waals surface area (Å²) in [5, 5.41) is 0. The van der Waals surface area contributed by atoms with Gasteiger partial charge in [-0.2, -0.15) is 0 Å². The lowest BCUT2D eigenvalue weighted by Gasteiger charge is -2.13. The molecule has 0 aliphatic carbocycles. The predicted octanol–water partition coefficient (Wildman–Crippen LogP) is 3.96. The van der Waals surface area contributed by atoms with E-state index < -0.39 is 6.16 Å². The van der Waals surface area contributed by atoms with Crippen LogP contribution in [-0.2, 0) is 4.74 Å². The fraction of sp³-hybridized carbons (Fsp3) is 0.133. The Hall–Kier alpha value is -2.29. The summed E-state index contributed by atoms with van der Waals surface area (Å²) >= 11 is 0. The second kappa shape index (κ2) is 5.87. The third-order valence-electron chi connectivity index (χ3n) is 2.49. The van der Waals surface area contributed by atoms with Gasteiger partial charge in [-0.1, -0.05) is 48.5 Å². The Morgan fingerprint density at radius 3 is 2.11 bits per heavy atom. The van der Waals surface area contributed by atoms with Gasteiger partial charge in [0.1, 0.15) is 11.9 Å². The number of ether oxygens (including phenoxy) is 2. The molecule has 0 aromatic heterocycles. The van der Waals surface area contributed by atoms with Crippen LogP contribution in [0.25, 0.3) is 0 Å². The average molecular weight is 242 g/mol. The Labute approximate surface area is 106 Å². The van der Waals surface area contributed by atoms with Gasteiger partial charge in [-0.25, -0.2) is 4.79 Å². The monoisotopic (exact) mass is 242 g/mol. The Balaban J connectivity index is 1.92. The van der Waals surface area contributed by atoms with Gasteiger partial charge in [-0.3, -0.25) is 0 Å². The minimum absolute atomic E-state index is 0.331. The maximum atomic E-state index is 11.6. The Morgan fingerprint density at radius 1 is 0.944 bits per heavy atom. The first-order valence-corrected chi connectivity index (χ1v) is 5.74. The van der Waals surface area contributed by atoms with E-state index in [0.717, 1.165) is 5.56 Å². The van der Waals surface area contributed by atoms with Crippen molar-refractivity contribution in [1.82, 2.24) is 0 Å². The van der Waals surface area contributed by atoms with Crippen molar-refractivity contribution in [2.45, 2.75) is 13.0 Å². The van der Waals surface area contributed by atoms with Crippen LogP contribution < -0.4 is 4.74 Å². The lowest BCUT2D eigenvalue weighted by atomic mass is 10.1. The molecule has 0 spiro atoms. The molecule has 0 saturated carbocycles. The minimum Gasteiger partial charge on any atom is -0.426 e. The van der Waals surface area contributed by atoms with E-state index in [4.69, 9.17) is 9.47 Å². The molecule has 3 heteroatoms. The molecule has 1 unspecified atom stereocenters. The molecule has 3 nitrogen and oxygen atoms in total. The highest BCUT2D eigenvalue weighted by Gasteiger charge is 2.12. The van der Waals surface area contributed by atoms with Gasteiger partial charge in [-0.15, -0.1) is 0 Å². The first-order valence-electron chi connectivity index (χ1n) is 5.74. The normalized spacial score (nSPS) is 11.6. The summed E-state index contributed by atoms with van der Waals surface area (Å²) in [6.45, 7) is 1.81. The number of carbonyl (C=O) groups is 1. The van der Waals surface area contributed by atoms with E-state index >= 15 is 0 Å². The number of hydrogen-bond acceptors (Lipinski definition) is 3.